The molecule has 2 rings (SSSR count). The molecule has 4 nitrogen and oxygen atoms in total. The fourth-order valence-electron chi connectivity index (χ4n) is 1.74. The van der Waals surface area contributed by atoms with Crippen molar-refractivity contribution in [2.24, 2.45) is 11.7 Å². The summed E-state index contributed by atoms with van der Waals surface area (Å²) in [7, 11) is 0. The second kappa shape index (κ2) is 4.02. The first-order valence-corrected chi connectivity index (χ1v) is 5.39. The first-order valence-electron chi connectivity index (χ1n) is 4.62. The fourth-order valence-corrected chi connectivity index (χ4v) is 2.30. The van der Waals surface area contributed by atoms with Crippen molar-refractivity contribution >= 4 is 16.7 Å². The lowest BCUT2D eigenvalue weighted by atomic mass is 9.99. The first kappa shape index (κ1) is 8.90. The monoisotopic (exact) mass is 198 g/mol. The summed E-state index contributed by atoms with van der Waals surface area (Å²) in [5.74, 6) is 0.637. The molecule has 0 amide bonds. The van der Waals surface area contributed by atoms with E-state index in [1.54, 1.807) is 6.33 Å². The third-order valence-corrected chi connectivity index (χ3v) is 3.20. The molecule has 0 spiro atoms. The van der Waals surface area contributed by atoms with Gasteiger partial charge in [-0.15, -0.1) is 0 Å². The molecule has 0 aromatic carbocycles. The van der Waals surface area contributed by atoms with Crippen LogP contribution in [0.25, 0.3) is 0 Å². The molecule has 5 heteroatoms. The van der Waals surface area contributed by atoms with Crippen LogP contribution < -0.4 is 10.6 Å². The normalized spacial score (nSPS) is 23.5. The number of nitrogens with two attached hydrogens (primary N) is 1. The summed E-state index contributed by atoms with van der Waals surface area (Å²) in [6, 6.07) is 0. The molecule has 72 valence electrons. The number of nitrogens with zero attached hydrogens (tertiary/aromatic N) is 3. The number of hydrogen-bond acceptors (Lipinski definition) is 5. The minimum absolute atomic E-state index is 0.637. The highest BCUT2D eigenvalue weighted by Crippen LogP contribution is 2.22. The van der Waals surface area contributed by atoms with E-state index in [9.17, 15) is 0 Å². The van der Waals surface area contributed by atoms with Crippen molar-refractivity contribution < 1.29 is 0 Å². The number of anilines is 1. The van der Waals surface area contributed by atoms with E-state index in [-0.39, 0.29) is 0 Å². The molecule has 1 fully saturated rings. The lowest BCUT2D eigenvalue weighted by molar-refractivity contribution is 0.423. The van der Waals surface area contributed by atoms with E-state index >= 15 is 0 Å². The van der Waals surface area contributed by atoms with Crippen LogP contribution in [0.4, 0.5) is 5.13 Å². The number of piperidine rings is 1. The number of rotatable bonds is 2. The predicted octanol–water partition coefficient (Wildman–Crippen LogP) is 0.713. The second-order valence-electron chi connectivity index (χ2n) is 3.41. The smallest absolute Gasteiger partial charge is 0.204 e. The quantitative estimate of drug-likeness (QED) is 0.760. The van der Waals surface area contributed by atoms with E-state index in [0.29, 0.717) is 5.92 Å². The third kappa shape index (κ3) is 1.97. The molecule has 2 N–H and O–H groups in total. The average Bonchev–Trinajstić information content (AvgIpc) is 2.71. The average molecular weight is 198 g/mol. The summed E-state index contributed by atoms with van der Waals surface area (Å²) in [6.07, 6.45) is 4.10. The van der Waals surface area contributed by atoms with Crippen molar-refractivity contribution in [3.05, 3.63) is 6.33 Å². The van der Waals surface area contributed by atoms with Gasteiger partial charge in [-0.3, -0.25) is 0 Å². The summed E-state index contributed by atoms with van der Waals surface area (Å²) in [4.78, 5) is 6.49. The lowest BCUT2D eigenvalue weighted by Crippen LogP contribution is -2.38. The Labute approximate surface area is 81.9 Å². The molecule has 0 aliphatic carbocycles. The van der Waals surface area contributed by atoms with Gasteiger partial charge in [-0.05, 0) is 25.3 Å². The van der Waals surface area contributed by atoms with Crippen molar-refractivity contribution in [1.29, 1.82) is 0 Å². The molecule has 1 aromatic rings. The SMILES string of the molecule is NCC1CCCN(c2ncns2)C1. The van der Waals surface area contributed by atoms with Gasteiger partial charge in [0.1, 0.15) is 6.33 Å². The van der Waals surface area contributed by atoms with Gasteiger partial charge >= 0.3 is 0 Å². The van der Waals surface area contributed by atoms with Crippen molar-refractivity contribution in [2.75, 3.05) is 24.5 Å². The highest BCUT2D eigenvalue weighted by atomic mass is 32.1. The summed E-state index contributed by atoms with van der Waals surface area (Å²) < 4.78 is 4.01. The summed E-state index contributed by atoms with van der Waals surface area (Å²) in [5.41, 5.74) is 5.66. The maximum absolute atomic E-state index is 5.66. The van der Waals surface area contributed by atoms with Crippen LogP contribution in [0, 0.1) is 5.92 Å². The van der Waals surface area contributed by atoms with Gasteiger partial charge in [0.05, 0.1) is 0 Å². The van der Waals surface area contributed by atoms with Crippen molar-refractivity contribution in [3.8, 4) is 0 Å². The lowest BCUT2D eigenvalue weighted by Gasteiger charge is -2.31. The Hall–Kier alpha value is -0.680. The molecular formula is C8H14N4S. The van der Waals surface area contributed by atoms with Gasteiger partial charge in [0.25, 0.3) is 0 Å². The Balaban J connectivity index is 2.00. The van der Waals surface area contributed by atoms with Crippen LogP contribution in [0.1, 0.15) is 12.8 Å². The molecule has 0 radical (unpaired) electrons. The van der Waals surface area contributed by atoms with Gasteiger partial charge in [0.2, 0.25) is 5.13 Å². The fraction of sp³-hybridized carbons (Fsp3) is 0.750. The van der Waals surface area contributed by atoms with Crippen LogP contribution in [0.3, 0.4) is 0 Å². The van der Waals surface area contributed by atoms with Gasteiger partial charge in [0.15, 0.2) is 0 Å². The standard InChI is InChI=1S/C8H14N4S/c9-4-7-2-1-3-12(5-7)8-10-6-11-13-8/h6-7H,1-5,9H2. The first-order chi connectivity index (χ1) is 6.40. The van der Waals surface area contributed by atoms with Crippen LogP contribution in [-0.4, -0.2) is 29.0 Å². The molecule has 13 heavy (non-hydrogen) atoms. The molecule has 1 atom stereocenters. The molecule has 2 heterocycles. The van der Waals surface area contributed by atoms with Crippen molar-refractivity contribution in [3.63, 3.8) is 0 Å². The van der Waals surface area contributed by atoms with Crippen molar-refractivity contribution in [1.82, 2.24) is 9.36 Å². The van der Waals surface area contributed by atoms with E-state index in [4.69, 9.17) is 5.73 Å². The predicted molar refractivity (Wildman–Crippen MR) is 53.9 cm³/mol. The Bertz CT molecular complexity index is 249. The molecule has 1 unspecified atom stereocenters. The van der Waals surface area contributed by atoms with Gasteiger partial charge < -0.3 is 10.6 Å². The Morgan fingerprint density at radius 2 is 2.62 bits per heavy atom. The third-order valence-electron chi connectivity index (χ3n) is 2.47. The number of aromatic nitrogens is 2. The van der Waals surface area contributed by atoms with E-state index in [2.05, 4.69) is 14.3 Å². The van der Waals surface area contributed by atoms with Gasteiger partial charge in [-0.2, -0.15) is 4.37 Å². The molecule has 1 aliphatic heterocycles. The van der Waals surface area contributed by atoms with Crippen LogP contribution in [0.15, 0.2) is 6.33 Å². The molecule has 1 aliphatic rings. The van der Waals surface area contributed by atoms with E-state index < -0.39 is 0 Å². The highest BCUT2D eigenvalue weighted by molar-refractivity contribution is 7.09. The van der Waals surface area contributed by atoms with Crippen LogP contribution in [0.5, 0.6) is 0 Å². The topological polar surface area (TPSA) is 55.0 Å². The zero-order chi connectivity index (χ0) is 9.10. The second-order valence-corrected chi connectivity index (χ2v) is 4.17. The maximum Gasteiger partial charge on any atom is 0.204 e. The van der Waals surface area contributed by atoms with Crippen molar-refractivity contribution in [2.45, 2.75) is 12.8 Å². The minimum Gasteiger partial charge on any atom is -0.347 e. The van der Waals surface area contributed by atoms with E-state index in [1.165, 1.54) is 24.4 Å². The number of hydrogen-bond donors (Lipinski definition) is 1. The Morgan fingerprint density at radius 1 is 1.69 bits per heavy atom. The van der Waals surface area contributed by atoms with Gasteiger partial charge in [-0.25, -0.2) is 4.98 Å². The van der Waals surface area contributed by atoms with Crippen LogP contribution in [-0.2, 0) is 0 Å². The van der Waals surface area contributed by atoms with Crippen LogP contribution in [0.2, 0.25) is 0 Å². The minimum atomic E-state index is 0.637. The molecule has 1 saturated heterocycles. The molecule has 1 aromatic heterocycles. The Morgan fingerprint density at radius 3 is 3.31 bits per heavy atom. The van der Waals surface area contributed by atoms with Gasteiger partial charge in [-0.1, -0.05) is 0 Å². The zero-order valence-corrected chi connectivity index (χ0v) is 8.33. The van der Waals surface area contributed by atoms with E-state index in [1.807, 2.05) is 0 Å². The maximum atomic E-state index is 5.66. The Kier molecular flexibility index (Phi) is 2.75. The zero-order valence-electron chi connectivity index (χ0n) is 7.52. The summed E-state index contributed by atoms with van der Waals surface area (Å²) in [6.45, 7) is 2.94. The summed E-state index contributed by atoms with van der Waals surface area (Å²) >= 11 is 1.47. The highest BCUT2D eigenvalue weighted by Gasteiger charge is 2.20. The van der Waals surface area contributed by atoms with E-state index in [0.717, 1.165) is 24.8 Å². The van der Waals surface area contributed by atoms with Gasteiger partial charge in [0, 0.05) is 24.6 Å². The molecule has 0 saturated carbocycles. The van der Waals surface area contributed by atoms with Crippen LogP contribution >= 0.6 is 11.5 Å². The largest absolute Gasteiger partial charge is 0.347 e. The molecule has 0 bridgehead atoms. The molecular weight excluding hydrogens is 184 g/mol. The summed E-state index contributed by atoms with van der Waals surface area (Å²) in [5, 5.41) is 1.04.